The average Bonchev–Trinajstić information content (AvgIpc) is 3.01. The molecule has 0 radical (unpaired) electrons. The fourth-order valence-electron chi connectivity index (χ4n) is 2.63. The summed E-state index contributed by atoms with van der Waals surface area (Å²) in [5.74, 6) is 0. The zero-order chi connectivity index (χ0) is 13.9. The van der Waals surface area contributed by atoms with Gasteiger partial charge in [-0.05, 0) is 24.7 Å². The predicted molar refractivity (Wildman–Crippen MR) is 80.1 cm³/mol. The van der Waals surface area contributed by atoms with Gasteiger partial charge in [-0.25, -0.2) is 0 Å². The minimum atomic E-state index is 0.807. The highest BCUT2D eigenvalue weighted by molar-refractivity contribution is 5.70. The maximum atomic E-state index is 6.22. The molecule has 6 nitrogen and oxygen atoms in total. The fraction of sp³-hybridized carbons (Fsp3) is 0.429. The second-order valence-electron chi connectivity index (χ2n) is 5.03. The van der Waals surface area contributed by atoms with Crippen LogP contribution in [0.15, 0.2) is 30.9 Å². The molecule has 2 aromatic rings. The molecule has 106 valence electrons. The van der Waals surface area contributed by atoms with Crippen molar-refractivity contribution in [3.63, 3.8) is 0 Å². The van der Waals surface area contributed by atoms with E-state index in [1.807, 2.05) is 10.6 Å². The van der Waals surface area contributed by atoms with Crippen LogP contribution in [0.5, 0.6) is 0 Å². The SMILES string of the molecule is CCN1CCN(c2ccc(-n3cnnc3)cc2N)CC1. The van der Waals surface area contributed by atoms with E-state index in [1.54, 1.807) is 12.7 Å². The van der Waals surface area contributed by atoms with Crippen LogP contribution in [0.3, 0.4) is 0 Å². The van der Waals surface area contributed by atoms with Crippen molar-refractivity contribution in [1.29, 1.82) is 0 Å². The molecule has 1 saturated heterocycles. The van der Waals surface area contributed by atoms with Crippen molar-refractivity contribution in [1.82, 2.24) is 19.7 Å². The number of benzene rings is 1. The molecule has 0 aliphatic carbocycles. The van der Waals surface area contributed by atoms with E-state index in [0.717, 1.165) is 49.8 Å². The number of hydrogen-bond donors (Lipinski definition) is 1. The molecule has 2 N–H and O–H groups in total. The Morgan fingerprint density at radius 1 is 1.10 bits per heavy atom. The van der Waals surface area contributed by atoms with E-state index in [1.165, 1.54) is 0 Å². The van der Waals surface area contributed by atoms with Crippen molar-refractivity contribution in [3.05, 3.63) is 30.9 Å². The normalized spacial score (nSPS) is 16.6. The van der Waals surface area contributed by atoms with Gasteiger partial charge in [-0.1, -0.05) is 6.92 Å². The summed E-state index contributed by atoms with van der Waals surface area (Å²) in [5, 5.41) is 7.63. The summed E-state index contributed by atoms with van der Waals surface area (Å²) >= 11 is 0. The van der Waals surface area contributed by atoms with Crippen LogP contribution < -0.4 is 10.6 Å². The van der Waals surface area contributed by atoms with E-state index in [2.05, 4.69) is 39.1 Å². The minimum absolute atomic E-state index is 0.807. The summed E-state index contributed by atoms with van der Waals surface area (Å²) in [6.07, 6.45) is 3.35. The van der Waals surface area contributed by atoms with Crippen molar-refractivity contribution in [2.24, 2.45) is 0 Å². The van der Waals surface area contributed by atoms with Crippen LogP contribution in [-0.4, -0.2) is 52.4 Å². The molecule has 1 aromatic heterocycles. The van der Waals surface area contributed by atoms with Gasteiger partial charge in [-0.15, -0.1) is 10.2 Å². The Kier molecular flexibility index (Phi) is 3.56. The quantitative estimate of drug-likeness (QED) is 0.844. The first-order valence-corrected chi connectivity index (χ1v) is 6.99. The van der Waals surface area contributed by atoms with Gasteiger partial charge in [0.05, 0.1) is 17.1 Å². The highest BCUT2D eigenvalue weighted by atomic mass is 15.3. The Labute approximate surface area is 118 Å². The Hall–Kier alpha value is -2.08. The van der Waals surface area contributed by atoms with Crippen LogP contribution in [0.4, 0.5) is 11.4 Å². The zero-order valence-electron chi connectivity index (χ0n) is 11.7. The molecule has 1 aliphatic heterocycles. The van der Waals surface area contributed by atoms with E-state index in [4.69, 9.17) is 5.73 Å². The summed E-state index contributed by atoms with van der Waals surface area (Å²) in [6.45, 7) is 7.59. The van der Waals surface area contributed by atoms with E-state index in [9.17, 15) is 0 Å². The molecule has 1 fully saturated rings. The molecule has 0 atom stereocenters. The lowest BCUT2D eigenvalue weighted by Gasteiger charge is -2.36. The van der Waals surface area contributed by atoms with E-state index >= 15 is 0 Å². The Bertz CT molecular complexity index is 557. The zero-order valence-corrected chi connectivity index (χ0v) is 11.7. The Morgan fingerprint density at radius 2 is 1.80 bits per heavy atom. The fourth-order valence-corrected chi connectivity index (χ4v) is 2.63. The van der Waals surface area contributed by atoms with Gasteiger partial charge >= 0.3 is 0 Å². The van der Waals surface area contributed by atoms with Crippen LogP contribution in [0.1, 0.15) is 6.92 Å². The van der Waals surface area contributed by atoms with E-state index in [0.29, 0.717) is 0 Å². The lowest BCUT2D eigenvalue weighted by Crippen LogP contribution is -2.46. The van der Waals surface area contributed by atoms with Gasteiger partial charge in [0.15, 0.2) is 0 Å². The first-order chi connectivity index (χ1) is 9.78. The van der Waals surface area contributed by atoms with Gasteiger partial charge in [-0.2, -0.15) is 0 Å². The number of aromatic nitrogens is 3. The van der Waals surface area contributed by atoms with Gasteiger partial charge in [0, 0.05) is 26.2 Å². The molecule has 2 heterocycles. The van der Waals surface area contributed by atoms with Crippen molar-refractivity contribution in [3.8, 4) is 5.69 Å². The highest BCUT2D eigenvalue weighted by Crippen LogP contribution is 2.26. The van der Waals surface area contributed by atoms with Crippen molar-refractivity contribution >= 4 is 11.4 Å². The molecule has 6 heteroatoms. The van der Waals surface area contributed by atoms with Gasteiger partial charge in [0.1, 0.15) is 12.7 Å². The largest absolute Gasteiger partial charge is 0.397 e. The summed E-state index contributed by atoms with van der Waals surface area (Å²) in [5.41, 5.74) is 9.13. The molecule has 1 aliphatic rings. The molecule has 1 aromatic carbocycles. The number of anilines is 2. The second-order valence-corrected chi connectivity index (χ2v) is 5.03. The molecule has 20 heavy (non-hydrogen) atoms. The summed E-state index contributed by atoms with van der Waals surface area (Å²) in [4.78, 5) is 4.82. The Balaban J connectivity index is 1.78. The first-order valence-electron chi connectivity index (χ1n) is 6.99. The second kappa shape index (κ2) is 5.50. The molecule has 0 bridgehead atoms. The number of nitrogens with two attached hydrogens (primary N) is 1. The van der Waals surface area contributed by atoms with Crippen molar-refractivity contribution < 1.29 is 0 Å². The summed E-state index contributed by atoms with van der Waals surface area (Å²) < 4.78 is 1.86. The number of piperazine rings is 1. The Morgan fingerprint density at radius 3 is 2.40 bits per heavy atom. The number of hydrogen-bond acceptors (Lipinski definition) is 5. The standard InChI is InChI=1S/C14H20N6/c1-2-18-5-7-19(8-6-18)14-4-3-12(9-13(14)15)20-10-16-17-11-20/h3-4,9-11H,2,5-8,15H2,1H3. The smallest absolute Gasteiger partial charge is 0.123 e. The van der Waals surface area contributed by atoms with E-state index in [-0.39, 0.29) is 0 Å². The predicted octanol–water partition coefficient (Wildman–Crippen LogP) is 0.991. The van der Waals surface area contributed by atoms with Crippen LogP contribution in [-0.2, 0) is 0 Å². The minimum Gasteiger partial charge on any atom is -0.397 e. The topological polar surface area (TPSA) is 63.2 Å². The van der Waals surface area contributed by atoms with Crippen LogP contribution in [0.2, 0.25) is 0 Å². The molecular weight excluding hydrogens is 252 g/mol. The molecular formula is C14H20N6. The van der Waals surface area contributed by atoms with Gasteiger partial charge in [0.2, 0.25) is 0 Å². The summed E-state index contributed by atoms with van der Waals surface area (Å²) in [7, 11) is 0. The van der Waals surface area contributed by atoms with Gasteiger partial charge in [-0.3, -0.25) is 4.57 Å². The number of nitrogen functional groups attached to an aromatic ring is 1. The molecule has 3 rings (SSSR count). The molecule has 0 saturated carbocycles. The van der Waals surface area contributed by atoms with Gasteiger partial charge < -0.3 is 15.5 Å². The molecule has 0 spiro atoms. The first kappa shape index (κ1) is 12.9. The third kappa shape index (κ3) is 2.46. The van der Waals surface area contributed by atoms with Crippen molar-refractivity contribution in [2.45, 2.75) is 6.92 Å². The van der Waals surface area contributed by atoms with Gasteiger partial charge in [0.25, 0.3) is 0 Å². The highest BCUT2D eigenvalue weighted by Gasteiger charge is 2.17. The lowest BCUT2D eigenvalue weighted by atomic mass is 10.2. The number of nitrogens with zero attached hydrogens (tertiary/aromatic N) is 5. The molecule has 0 unspecified atom stereocenters. The van der Waals surface area contributed by atoms with Crippen LogP contribution in [0, 0.1) is 0 Å². The lowest BCUT2D eigenvalue weighted by molar-refractivity contribution is 0.271. The van der Waals surface area contributed by atoms with Crippen LogP contribution in [0.25, 0.3) is 5.69 Å². The third-order valence-electron chi connectivity index (χ3n) is 3.89. The monoisotopic (exact) mass is 272 g/mol. The number of likely N-dealkylation sites (N-methyl/N-ethyl adjacent to an activating group) is 1. The maximum absolute atomic E-state index is 6.22. The maximum Gasteiger partial charge on any atom is 0.123 e. The number of rotatable bonds is 3. The molecule has 0 amide bonds. The van der Waals surface area contributed by atoms with Crippen LogP contribution >= 0.6 is 0 Å². The third-order valence-corrected chi connectivity index (χ3v) is 3.89. The summed E-state index contributed by atoms with van der Waals surface area (Å²) in [6, 6.07) is 6.12. The van der Waals surface area contributed by atoms with Crippen molar-refractivity contribution in [2.75, 3.05) is 43.4 Å². The average molecular weight is 272 g/mol. The van der Waals surface area contributed by atoms with E-state index < -0.39 is 0 Å².